The fourth-order valence-electron chi connectivity index (χ4n) is 1.09. The number of halogens is 2. The van der Waals surface area contributed by atoms with Crippen molar-refractivity contribution in [3.8, 4) is 0 Å². The molecule has 17 heavy (non-hydrogen) atoms. The van der Waals surface area contributed by atoms with Crippen molar-refractivity contribution in [2.45, 2.75) is 39.5 Å². The van der Waals surface area contributed by atoms with Gasteiger partial charge in [-0.15, -0.1) is 0 Å². The molecule has 1 aromatic rings. The molecule has 3 nitrogen and oxygen atoms in total. The molecule has 0 fully saturated rings. The Kier molecular flexibility index (Phi) is 5.71. The summed E-state index contributed by atoms with van der Waals surface area (Å²) >= 11 is 0. The van der Waals surface area contributed by atoms with Crippen LogP contribution in [0.15, 0.2) is 18.3 Å². The molecule has 0 saturated carbocycles. The maximum Gasteiger partial charge on any atom is 0.384 e. The van der Waals surface area contributed by atoms with E-state index in [0.717, 1.165) is 6.07 Å². The molecule has 0 aromatic carbocycles. The molecule has 96 valence electrons. The summed E-state index contributed by atoms with van der Waals surface area (Å²) in [6.07, 6.45) is 1.20. The predicted octanol–water partition coefficient (Wildman–Crippen LogP) is 3.41. The molecule has 1 aromatic heterocycles. The monoisotopic (exact) mass is 245 g/mol. The largest absolute Gasteiger partial charge is 0.476 e. The Balaban J connectivity index is 0.00000121. The minimum Gasteiger partial charge on any atom is -0.476 e. The molecule has 0 amide bonds. The zero-order valence-electron chi connectivity index (χ0n) is 10.4. The Labute approximate surface area is 99.5 Å². The highest BCUT2D eigenvalue weighted by Crippen LogP contribution is 2.28. The van der Waals surface area contributed by atoms with E-state index in [1.807, 2.05) is 27.7 Å². The number of hydrogen-bond acceptors (Lipinski definition) is 2. The van der Waals surface area contributed by atoms with Crippen LogP contribution >= 0.6 is 0 Å². The molecule has 0 atom stereocenters. The first kappa shape index (κ1) is 15.5. The zero-order valence-corrected chi connectivity index (χ0v) is 10.4. The molecule has 0 bridgehead atoms. The van der Waals surface area contributed by atoms with E-state index in [0.29, 0.717) is 5.56 Å². The smallest absolute Gasteiger partial charge is 0.384 e. The number of aromatic nitrogens is 1. The highest BCUT2D eigenvalue weighted by molar-refractivity contribution is 5.76. The molecule has 1 heterocycles. The van der Waals surface area contributed by atoms with Crippen molar-refractivity contribution in [3.05, 3.63) is 29.6 Å². The first-order chi connectivity index (χ1) is 7.85. The lowest BCUT2D eigenvalue weighted by Crippen LogP contribution is -2.26. The van der Waals surface area contributed by atoms with E-state index in [-0.39, 0.29) is 5.92 Å². The van der Waals surface area contributed by atoms with Gasteiger partial charge in [-0.1, -0.05) is 27.7 Å². The number of alkyl halides is 2. The fraction of sp³-hybridized carbons (Fsp3) is 0.500. The van der Waals surface area contributed by atoms with E-state index < -0.39 is 17.6 Å². The van der Waals surface area contributed by atoms with Gasteiger partial charge in [0.25, 0.3) is 0 Å². The summed E-state index contributed by atoms with van der Waals surface area (Å²) in [5.41, 5.74) is -0.0814. The maximum absolute atomic E-state index is 13.1. The Morgan fingerprint density at radius 2 is 1.94 bits per heavy atom. The lowest BCUT2D eigenvalue weighted by Gasteiger charge is -2.12. The number of carboxylic acids is 1. The van der Waals surface area contributed by atoms with Gasteiger partial charge in [0.1, 0.15) is 5.69 Å². The van der Waals surface area contributed by atoms with Crippen LogP contribution < -0.4 is 0 Å². The second kappa shape index (κ2) is 6.27. The first-order valence-electron chi connectivity index (χ1n) is 5.43. The number of carbonyl (C=O) groups is 1. The van der Waals surface area contributed by atoms with E-state index in [4.69, 9.17) is 5.11 Å². The molecule has 0 aliphatic carbocycles. The molecule has 0 spiro atoms. The average molecular weight is 245 g/mol. The zero-order chi connectivity index (χ0) is 13.6. The number of carboxylic acid groups (broad SMARTS) is 1. The molecule has 0 saturated heterocycles. The van der Waals surface area contributed by atoms with Crippen molar-refractivity contribution >= 4 is 5.97 Å². The number of rotatable bonds is 3. The summed E-state index contributed by atoms with van der Waals surface area (Å²) in [5, 5.41) is 8.33. The van der Waals surface area contributed by atoms with Gasteiger partial charge in [-0.25, -0.2) is 4.79 Å². The summed E-state index contributed by atoms with van der Waals surface area (Å²) in [5.74, 6) is -6.06. The number of hydrogen-bond donors (Lipinski definition) is 1. The van der Waals surface area contributed by atoms with Gasteiger partial charge < -0.3 is 5.11 Å². The minimum absolute atomic E-state index is 0.0522. The van der Waals surface area contributed by atoms with Crippen LogP contribution in [0.25, 0.3) is 0 Å². The molecule has 0 radical (unpaired) electrons. The molecular formula is C12H17F2NO2. The normalized spacial score (nSPS) is 10.8. The summed E-state index contributed by atoms with van der Waals surface area (Å²) in [4.78, 5) is 13.7. The highest BCUT2D eigenvalue weighted by atomic mass is 19.3. The average Bonchev–Trinajstić information content (AvgIpc) is 2.31. The Bertz CT molecular complexity index is 379. The van der Waals surface area contributed by atoms with Gasteiger partial charge in [0.2, 0.25) is 0 Å². The Morgan fingerprint density at radius 1 is 1.41 bits per heavy atom. The van der Waals surface area contributed by atoms with Crippen molar-refractivity contribution in [1.82, 2.24) is 4.98 Å². The molecule has 1 rings (SSSR count). The number of nitrogens with zero attached hydrogens (tertiary/aromatic N) is 1. The summed E-state index contributed by atoms with van der Waals surface area (Å²) in [6.45, 7) is 7.66. The maximum atomic E-state index is 13.1. The Morgan fingerprint density at radius 3 is 2.35 bits per heavy atom. The fourth-order valence-corrected chi connectivity index (χ4v) is 1.09. The first-order valence-corrected chi connectivity index (χ1v) is 5.43. The van der Waals surface area contributed by atoms with E-state index >= 15 is 0 Å². The van der Waals surface area contributed by atoms with Crippen LogP contribution in [0, 0.1) is 0 Å². The van der Waals surface area contributed by atoms with Crippen LogP contribution in [-0.4, -0.2) is 16.1 Å². The third-order valence-electron chi connectivity index (χ3n) is 2.04. The standard InChI is InChI=1S/C10H11F2NO2.C2H6/c1-6(2)7-3-4-13-8(5-7)10(11,12)9(14)15;1-2/h3-6H,1-2H3,(H,14,15);1-2H3. The van der Waals surface area contributed by atoms with Gasteiger partial charge in [-0.2, -0.15) is 8.78 Å². The third-order valence-corrected chi connectivity index (χ3v) is 2.04. The number of pyridine rings is 1. The minimum atomic E-state index is -3.93. The summed E-state index contributed by atoms with van der Waals surface area (Å²) in [7, 11) is 0. The second-order valence-corrected chi connectivity index (χ2v) is 3.51. The molecule has 0 unspecified atom stereocenters. The predicted molar refractivity (Wildman–Crippen MR) is 61.2 cm³/mol. The molecular weight excluding hydrogens is 228 g/mol. The van der Waals surface area contributed by atoms with Gasteiger partial charge in [-0.3, -0.25) is 4.98 Å². The lowest BCUT2D eigenvalue weighted by atomic mass is 10.0. The van der Waals surface area contributed by atoms with Crippen molar-refractivity contribution < 1.29 is 18.7 Å². The van der Waals surface area contributed by atoms with E-state index in [1.54, 1.807) is 6.07 Å². The van der Waals surface area contributed by atoms with Gasteiger partial charge in [-0.05, 0) is 23.6 Å². The van der Waals surface area contributed by atoms with Crippen LogP contribution in [0.5, 0.6) is 0 Å². The summed E-state index contributed by atoms with van der Waals surface area (Å²) in [6, 6.07) is 2.71. The SMILES string of the molecule is CC.CC(C)c1ccnc(C(F)(F)C(=O)O)c1. The second-order valence-electron chi connectivity index (χ2n) is 3.51. The Hall–Kier alpha value is -1.52. The van der Waals surface area contributed by atoms with E-state index in [2.05, 4.69) is 4.98 Å². The van der Waals surface area contributed by atoms with Crippen LogP contribution in [0.2, 0.25) is 0 Å². The van der Waals surface area contributed by atoms with E-state index in [9.17, 15) is 13.6 Å². The topological polar surface area (TPSA) is 50.2 Å². The molecule has 0 aliphatic heterocycles. The van der Waals surface area contributed by atoms with Crippen molar-refractivity contribution in [3.63, 3.8) is 0 Å². The molecule has 1 N–H and O–H groups in total. The van der Waals surface area contributed by atoms with Crippen molar-refractivity contribution in [2.75, 3.05) is 0 Å². The molecule has 5 heteroatoms. The highest BCUT2D eigenvalue weighted by Gasteiger charge is 2.42. The van der Waals surface area contributed by atoms with Gasteiger partial charge in [0, 0.05) is 6.20 Å². The van der Waals surface area contributed by atoms with Crippen molar-refractivity contribution in [2.24, 2.45) is 0 Å². The van der Waals surface area contributed by atoms with Gasteiger partial charge >= 0.3 is 11.9 Å². The quantitative estimate of drug-likeness (QED) is 0.887. The van der Waals surface area contributed by atoms with Crippen molar-refractivity contribution in [1.29, 1.82) is 0 Å². The van der Waals surface area contributed by atoms with Gasteiger partial charge in [0.05, 0.1) is 0 Å². The van der Waals surface area contributed by atoms with Crippen LogP contribution in [0.4, 0.5) is 8.78 Å². The molecule has 0 aliphatic rings. The van der Waals surface area contributed by atoms with E-state index in [1.165, 1.54) is 6.20 Å². The van der Waals surface area contributed by atoms with Crippen LogP contribution in [0.1, 0.15) is 44.9 Å². The number of aliphatic carboxylic acids is 1. The van der Waals surface area contributed by atoms with Crippen LogP contribution in [-0.2, 0) is 10.7 Å². The van der Waals surface area contributed by atoms with Crippen LogP contribution in [0.3, 0.4) is 0 Å². The summed E-state index contributed by atoms with van der Waals surface area (Å²) < 4.78 is 26.1. The lowest BCUT2D eigenvalue weighted by molar-refractivity contribution is -0.166. The third kappa shape index (κ3) is 3.76. The van der Waals surface area contributed by atoms with Gasteiger partial charge in [0.15, 0.2) is 0 Å².